The van der Waals surface area contributed by atoms with Crippen LogP contribution in [0.1, 0.15) is 21.5 Å². The number of halogens is 2. The minimum Gasteiger partial charge on any atom is -0.505 e. The lowest BCUT2D eigenvalue weighted by Gasteiger charge is -2.11. The van der Waals surface area contributed by atoms with Crippen LogP contribution < -0.4 is 10.2 Å². The van der Waals surface area contributed by atoms with Gasteiger partial charge in [-0.2, -0.15) is 0 Å². The van der Waals surface area contributed by atoms with Crippen molar-refractivity contribution in [3.63, 3.8) is 0 Å². The standard InChI is InChI=1S/C16H11ClFNO5/c17-12-14(21)9(13(20)8-3-1-2-4-10(8)18)5-7-6-11(16(22)19-23)24-15(7)12/h1-5,11,21,23H,6H2,(H,19,22). The zero-order chi connectivity index (χ0) is 17.4. The normalized spacial score (nSPS) is 15.5. The first-order valence-corrected chi connectivity index (χ1v) is 7.26. The number of benzene rings is 2. The molecule has 8 heteroatoms. The predicted octanol–water partition coefficient (Wildman–Crippen LogP) is 2.22. The highest BCUT2D eigenvalue weighted by Crippen LogP contribution is 2.44. The third-order valence-corrected chi connectivity index (χ3v) is 4.05. The van der Waals surface area contributed by atoms with E-state index in [-0.39, 0.29) is 28.3 Å². The van der Waals surface area contributed by atoms with Crippen LogP contribution >= 0.6 is 11.6 Å². The summed E-state index contributed by atoms with van der Waals surface area (Å²) in [5, 5.41) is 18.6. The van der Waals surface area contributed by atoms with E-state index in [0.29, 0.717) is 5.56 Å². The van der Waals surface area contributed by atoms with Gasteiger partial charge in [0.05, 0.1) is 11.1 Å². The molecule has 0 spiro atoms. The molecule has 0 fully saturated rings. The Kier molecular flexibility index (Phi) is 4.13. The van der Waals surface area contributed by atoms with Gasteiger partial charge in [-0.1, -0.05) is 23.7 Å². The van der Waals surface area contributed by atoms with E-state index >= 15 is 0 Å². The van der Waals surface area contributed by atoms with Crippen LogP contribution in [0.15, 0.2) is 30.3 Å². The molecule has 0 bridgehead atoms. The quantitative estimate of drug-likeness (QED) is 0.447. The second-order valence-corrected chi connectivity index (χ2v) is 5.55. The third kappa shape index (κ3) is 2.57. The molecule has 124 valence electrons. The van der Waals surface area contributed by atoms with Gasteiger partial charge in [0.25, 0.3) is 5.91 Å². The predicted molar refractivity (Wildman–Crippen MR) is 81.0 cm³/mol. The van der Waals surface area contributed by atoms with Gasteiger partial charge in [-0.25, -0.2) is 9.87 Å². The molecule has 0 saturated heterocycles. The van der Waals surface area contributed by atoms with Crippen molar-refractivity contribution in [1.29, 1.82) is 0 Å². The number of hydroxylamine groups is 1. The van der Waals surface area contributed by atoms with Crippen LogP contribution in [0.25, 0.3) is 0 Å². The fourth-order valence-electron chi connectivity index (χ4n) is 2.52. The van der Waals surface area contributed by atoms with Crippen molar-refractivity contribution >= 4 is 23.3 Å². The van der Waals surface area contributed by atoms with Gasteiger partial charge in [0, 0.05) is 12.0 Å². The van der Waals surface area contributed by atoms with Crippen LogP contribution in [0.4, 0.5) is 4.39 Å². The summed E-state index contributed by atoms with van der Waals surface area (Å²) < 4.78 is 19.1. The summed E-state index contributed by atoms with van der Waals surface area (Å²) in [6.45, 7) is 0. The molecule has 2 aromatic rings. The molecular weight excluding hydrogens is 341 g/mol. The summed E-state index contributed by atoms with van der Waals surface area (Å²) in [4.78, 5) is 23.9. The highest BCUT2D eigenvalue weighted by Gasteiger charge is 2.34. The Bertz CT molecular complexity index is 855. The minimum atomic E-state index is -1.04. The van der Waals surface area contributed by atoms with E-state index < -0.39 is 29.4 Å². The molecule has 1 amide bonds. The Hall–Kier alpha value is -2.64. The molecule has 0 aliphatic carbocycles. The van der Waals surface area contributed by atoms with E-state index in [4.69, 9.17) is 21.5 Å². The zero-order valence-electron chi connectivity index (χ0n) is 12.0. The lowest BCUT2D eigenvalue weighted by atomic mass is 9.98. The number of aromatic hydroxyl groups is 1. The zero-order valence-corrected chi connectivity index (χ0v) is 12.8. The van der Waals surface area contributed by atoms with Crippen LogP contribution in [0.2, 0.25) is 5.02 Å². The van der Waals surface area contributed by atoms with Crippen molar-refractivity contribution in [2.75, 3.05) is 0 Å². The molecule has 3 N–H and O–H groups in total. The summed E-state index contributed by atoms with van der Waals surface area (Å²) >= 11 is 6.01. The number of carbonyl (C=O) groups is 2. The number of carbonyl (C=O) groups excluding carboxylic acids is 2. The first-order valence-electron chi connectivity index (χ1n) is 6.88. The highest BCUT2D eigenvalue weighted by molar-refractivity contribution is 6.34. The number of ketones is 1. The largest absolute Gasteiger partial charge is 0.505 e. The molecule has 1 heterocycles. The van der Waals surface area contributed by atoms with Gasteiger partial charge >= 0.3 is 0 Å². The lowest BCUT2D eigenvalue weighted by molar-refractivity contribution is -0.135. The van der Waals surface area contributed by atoms with Crippen molar-refractivity contribution in [1.82, 2.24) is 5.48 Å². The van der Waals surface area contributed by atoms with Crippen LogP contribution in [0, 0.1) is 5.82 Å². The Balaban J connectivity index is 2.04. The van der Waals surface area contributed by atoms with Gasteiger partial charge in [-0.3, -0.25) is 14.8 Å². The maximum absolute atomic E-state index is 13.8. The average Bonchev–Trinajstić information content (AvgIpc) is 3.01. The van der Waals surface area contributed by atoms with Crippen LogP contribution in [-0.4, -0.2) is 28.1 Å². The van der Waals surface area contributed by atoms with Crippen molar-refractivity contribution in [2.45, 2.75) is 12.5 Å². The molecular formula is C16H11ClFNO5. The summed E-state index contributed by atoms with van der Waals surface area (Å²) in [6.07, 6.45) is -1.00. The fourth-order valence-corrected chi connectivity index (χ4v) is 2.79. The number of hydrogen-bond acceptors (Lipinski definition) is 5. The van der Waals surface area contributed by atoms with E-state index in [0.717, 1.165) is 6.07 Å². The topological polar surface area (TPSA) is 95.9 Å². The molecule has 0 saturated carbocycles. The summed E-state index contributed by atoms with van der Waals surface area (Å²) in [6, 6.07) is 6.65. The van der Waals surface area contributed by atoms with Crippen molar-refractivity contribution < 1.29 is 29.0 Å². The third-order valence-electron chi connectivity index (χ3n) is 3.70. The second kappa shape index (κ2) is 6.10. The molecule has 1 atom stereocenters. The van der Waals surface area contributed by atoms with Gasteiger partial charge in [0.15, 0.2) is 11.9 Å². The fraction of sp³-hybridized carbons (Fsp3) is 0.125. The van der Waals surface area contributed by atoms with Gasteiger partial charge in [0.2, 0.25) is 0 Å². The Morgan fingerprint density at radius 2 is 2.00 bits per heavy atom. The number of amides is 1. The molecule has 6 nitrogen and oxygen atoms in total. The second-order valence-electron chi connectivity index (χ2n) is 5.17. The molecule has 24 heavy (non-hydrogen) atoms. The number of ether oxygens (including phenoxy) is 1. The lowest BCUT2D eigenvalue weighted by Crippen LogP contribution is -2.35. The van der Waals surface area contributed by atoms with E-state index in [2.05, 4.69) is 0 Å². The maximum atomic E-state index is 13.8. The highest BCUT2D eigenvalue weighted by atomic mass is 35.5. The first-order chi connectivity index (χ1) is 11.4. The van der Waals surface area contributed by atoms with Crippen LogP contribution in [0.5, 0.6) is 11.5 Å². The van der Waals surface area contributed by atoms with Crippen LogP contribution in [-0.2, 0) is 11.2 Å². The minimum absolute atomic E-state index is 0.0410. The summed E-state index contributed by atoms with van der Waals surface area (Å²) in [5.41, 5.74) is 1.44. The van der Waals surface area contributed by atoms with E-state index in [1.807, 2.05) is 0 Å². The molecule has 3 rings (SSSR count). The van der Waals surface area contributed by atoms with Crippen molar-refractivity contribution in [3.8, 4) is 11.5 Å². The molecule has 2 aromatic carbocycles. The van der Waals surface area contributed by atoms with Gasteiger partial charge < -0.3 is 9.84 Å². The number of rotatable bonds is 3. The SMILES string of the molecule is O=C(c1ccccc1F)c1cc2c(c(Cl)c1O)OC(C(=O)NO)C2. The Labute approximate surface area is 140 Å². The molecule has 0 aromatic heterocycles. The molecule has 1 unspecified atom stereocenters. The van der Waals surface area contributed by atoms with Crippen LogP contribution in [0.3, 0.4) is 0 Å². The number of phenolic OH excluding ortho intramolecular Hbond substituents is 1. The van der Waals surface area contributed by atoms with Gasteiger partial charge in [-0.05, 0) is 18.2 Å². The smallest absolute Gasteiger partial charge is 0.284 e. The number of nitrogens with one attached hydrogen (secondary N) is 1. The van der Waals surface area contributed by atoms with Crippen molar-refractivity contribution in [3.05, 3.63) is 57.9 Å². The Morgan fingerprint density at radius 1 is 1.29 bits per heavy atom. The maximum Gasteiger partial charge on any atom is 0.284 e. The van der Waals surface area contributed by atoms with Crippen molar-refractivity contribution in [2.24, 2.45) is 0 Å². The van der Waals surface area contributed by atoms with E-state index in [1.54, 1.807) is 0 Å². The number of fused-ring (bicyclic) bond motifs is 1. The molecule has 1 aliphatic rings. The van der Waals surface area contributed by atoms with E-state index in [1.165, 1.54) is 29.7 Å². The molecule has 1 aliphatic heterocycles. The number of phenols is 1. The average molecular weight is 352 g/mol. The first kappa shape index (κ1) is 16.2. The van der Waals surface area contributed by atoms with Gasteiger partial charge in [-0.15, -0.1) is 0 Å². The van der Waals surface area contributed by atoms with E-state index in [9.17, 15) is 19.1 Å². The molecule has 0 radical (unpaired) electrons. The Morgan fingerprint density at radius 3 is 2.67 bits per heavy atom. The van der Waals surface area contributed by atoms with Gasteiger partial charge in [0.1, 0.15) is 22.3 Å². The summed E-state index contributed by atoms with van der Waals surface area (Å²) in [7, 11) is 0. The summed E-state index contributed by atoms with van der Waals surface area (Å²) in [5.74, 6) is -2.78. The number of hydrogen-bond donors (Lipinski definition) is 3. The monoisotopic (exact) mass is 351 g/mol.